The van der Waals surface area contributed by atoms with Crippen LogP contribution in [0.5, 0.6) is 0 Å². The molecule has 0 spiro atoms. The average molecular weight is 413 g/mol. The standard InChI is InChI=1S/C26H23NO4/c1-2-30-25(29)26-17-16-22(27(26)23-11-7-6-10-21(23)24(28)31-26)20-14-12-19(13-15-20)18-8-4-3-5-9-18/h3-15,22H,2,16-17H2,1H3/t22-,26-/m0/s1. The summed E-state index contributed by atoms with van der Waals surface area (Å²) in [4.78, 5) is 27.7. The molecule has 31 heavy (non-hydrogen) atoms. The third-order valence-electron chi connectivity index (χ3n) is 6.10. The third kappa shape index (κ3) is 3.08. The first-order valence-corrected chi connectivity index (χ1v) is 10.6. The van der Waals surface area contributed by atoms with Gasteiger partial charge in [-0.3, -0.25) is 0 Å². The molecule has 2 aliphatic rings. The van der Waals surface area contributed by atoms with E-state index in [0.717, 1.165) is 16.7 Å². The molecular formula is C26H23NO4. The zero-order chi connectivity index (χ0) is 21.4. The van der Waals surface area contributed by atoms with Crippen LogP contribution in [0.3, 0.4) is 0 Å². The fraction of sp³-hybridized carbons (Fsp3) is 0.231. The van der Waals surface area contributed by atoms with Crippen molar-refractivity contribution in [3.05, 3.63) is 90.0 Å². The lowest BCUT2D eigenvalue weighted by Crippen LogP contribution is -2.58. The molecule has 5 rings (SSSR count). The van der Waals surface area contributed by atoms with Gasteiger partial charge in [-0.2, -0.15) is 0 Å². The Bertz CT molecular complexity index is 1130. The summed E-state index contributed by atoms with van der Waals surface area (Å²) in [5.41, 5.74) is 3.10. The zero-order valence-electron chi connectivity index (χ0n) is 17.3. The van der Waals surface area contributed by atoms with Gasteiger partial charge < -0.3 is 14.4 Å². The van der Waals surface area contributed by atoms with E-state index in [0.29, 0.717) is 24.1 Å². The Morgan fingerprint density at radius 1 is 1.00 bits per heavy atom. The first kappa shape index (κ1) is 19.4. The van der Waals surface area contributed by atoms with Gasteiger partial charge in [-0.15, -0.1) is 0 Å². The van der Waals surface area contributed by atoms with Crippen LogP contribution in [0.25, 0.3) is 11.1 Å². The number of para-hydroxylation sites is 1. The summed E-state index contributed by atoms with van der Waals surface area (Å²) in [5.74, 6) is -0.999. The summed E-state index contributed by atoms with van der Waals surface area (Å²) >= 11 is 0. The molecule has 3 aromatic carbocycles. The topological polar surface area (TPSA) is 55.8 Å². The van der Waals surface area contributed by atoms with Crippen molar-refractivity contribution in [1.29, 1.82) is 0 Å². The molecule has 5 heteroatoms. The van der Waals surface area contributed by atoms with Gasteiger partial charge >= 0.3 is 11.9 Å². The largest absolute Gasteiger partial charge is 0.462 e. The van der Waals surface area contributed by atoms with Crippen LogP contribution < -0.4 is 4.90 Å². The number of nitrogens with zero attached hydrogens (tertiary/aromatic N) is 1. The lowest BCUT2D eigenvalue weighted by atomic mass is 9.99. The van der Waals surface area contributed by atoms with E-state index in [1.165, 1.54) is 0 Å². The minimum atomic E-state index is -1.43. The number of ether oxygens (including phenoxy) is 2. The SMILES string of the molecule is CCOC(=O)[C@@]12CC[C@@H](c3ccc(-c4ccccc4)cc3)N1c1ccccc1C(=O)O2. The van der Waals surface area contributed by atoms with Gasteiger partial charge in [0, 0.05) is 6.42 Å². The number of benzene rings is 3. The molecule has 0 saturated carbocycles. The van der Waals surface area contributed by atoms with Crippen molar-refractivity contribution in [3.63, 3.8) is 0 Å². The second kappa shape index (κ2) is 7.58. The monoisotopic (exact) mass is 413 g/mol. The molecule has 0 amide bonds. The molecule has 1 saturated heterocycles. The van der Waals surface area contributed by atoms with E-state index >= 15 is 0 Å². The van der Waals surface area contributed by atoms with Crippen molar-refractivity contribution in [2.75, 3.05) is 11.5 Å². The molecule has 1 fully saturated rings. The Morgan fingerprint density at radius 3 is 2.42 bits per heavy atom. The molecule has 0 N–H and O–H groups in total. The summed E-state index contributed by atoms with van der Waals surface area (Å²) in [5, 5.41) is 0. The maximum atomic E-state index is 13.0. The van der Waals surface area contributed by atoms with Crippen molar-refractivity contribution >= 4 is 17.6 Å². The van der Waals surface area contributed by atoms with Crippen LogP contribution in [0.1, 0.15) is 41.7 Å². The lowest BCUT2D eigenvalue weighted by Gasteiger charge is -2.43. The molecule has 2 aliphatic heterocycles. The Hall–Kier alpha value is -3.60. The molecule has 0 aliphatic carbocycles. The number of carbonyl (C=O) groups excluding carboxylic acids is 2. The molecule has 2 heterocycles. The second-order valence-electron chi connectivity index (χ2n) is 7.82. The van der Waals surface area contributed by atoms with Crippen LogP contribution in [0.15, 0.2) is 78.9 Å². The van der Waals surface area contributed by atoms with E-state index in [2.05, 4.69) is 36.4 Å². The van der Waals surface area contributed by atoms with Crippen LogP contribution in [-0.2, 0) is 14.3 Å². The number of hydrogen-bond donors (Lipinski definition) is 0. The van der Waals surface area contributed by atoms with Crippen LogP contribution in [0.2, 0.25) is 0 Å². The van der Waals surface area contributed by atoms with Gasteiger partial charge in [-0.05, 0) is 42.2 Å². The number of anilines is 1. The molecule has 0 aromatic heterocycles. The number of fused-ring (bicyclic) bond motifs is 3. The van der Waals surface area contributed by atoms with Crippen molar-refractivity contribution in [1.82, 2.24) is 0 Å². The highest BCUT2D eigenvalue weighted by atomic mass is 16.6. The number of carbonyl (C=O) groups is 2. The minimum absolute atomic E-state index is 0.108. The van der Waals surface area contributed by atoms with E-state index in [-0.39, 0.29) is 12.6 Å². The Kier molecular flexibility index (Phi) is 4.74. The molecule has 0 unspecified atom stereocenters. The van der Waals surface area contributed by atoms with Crippen molar-refractivity contribution in [3.8, 4) is 11.1 Å². The fourth-order valence-electron chi connectivity index (χ4n) is 4.69. The second-order valence-corrected chi connectivity index (χ2v) is 7.82. The van der Waals surface area contributed by atoms with E-state index < -0.39 is 17.7 Å². The first-order chi connectivity index (χ1) is 15.1. The highest BCUT2D eigenvalue weighted by Crippen LogP contribution is 2.51. The quantitative estimate of drug-likeness (QED) is 0.556. The normalized spacial score (nSPS) is 21.8. The number of hydrogen-bond acceptors (Lipinski definition) is 5. The minimum Gasteiger partial charge on any atom is -0.462 e. The molecule has 2 atom stereocenters. The summed E-state index contributed by atoms with van der Waals surface area (Å²) in [6.45, 7) is 1.98. The van der Waals surface area contributed by atoms with Gasteiger partial charge in [0.05, 0.1) is 23.9 Å². The summed E-state index contributed by atoms with van der Waals surface area (Å²) < 4.78 is 11.1. The van der Waals surface area contributed by atoms with E-state index in [9.17, 15) is 9.59 Å². The van der Waals surface area contributed by atoms with E-state index in [1.54, 1.807) is 19.1 Å². The highest BCUT2D eigenvalue weighted by Gasteiger charge is 2.59. The Morgan fingerprint density at radius 2 is 1.68 bits per heavy atom. The highest BCUT2D eigenvalue weighted by molar-refractivity contribution is 6.02. The van der Waals surface area contributed by atoms with Gasteiger partial charge in [0.25, 0.3) is 5.72 Å². The van der Waals surface area contributed by atoms with Crippen molar-refractivity contribution in [2.45, 2.75) is 31.5 Å². The molecular weight excluding hydrogens is 390 g/mol. The predicted octanol–water partition coefficient (Wildman–Crippen LogP) is 5.12. The predicted molar refractivity (Wildman–Crippen MR) is 118 cm³/mol. The Labute approximate surface area is 181 Å². The molecule has 156 valence electrons. The molecule has 3 aromatic rings. The molecule has 0 bridgehead atoms. The summed E-state index contributed by atoms with van der Waals surface area (Å²) in [6, 6.07) is 25.8. The maximum absolute atomic E-state index is 13.0. The van der Waals surface area contributed by atoms with Gasteiger partial charge in [0.15, 0.2) is 0 Å². The number of rotatable bonds is 4. The van der Waals surface area contributed by atoms with Gasteiger partial charge in [0.1, 0.15) is 0 Å². The van der Waals surface area contributed by atoms with E-state index in [1.807, 2.05) is 35.2 Å². The number of esters is 2. The molecule has 5 nitrogen and oxygen atoms in total. The Balaban J connectivity index is 1.57. The van der Waals surface area contributed by atoms with E-state index in [4.69, 9.17) is 9.47 Å². The van der Waals surface area contributed by atoms with Crippen LogP contribution >= 0.6 is 0 Å². The van der Waals surface area contributed by atoms with Crippen molar-refractivity contribution in [2.24, 2.45) is 0 Å². The maximum Gasteiger partial charge on any atom is 0.372 e. The summed E-state index contributed by atoms with van der Waals surface area (Å²) in [6.07, 6.45) is 1.06. The lowest BCUT2D eigenvalue weighted by molar-refractivity contribution is -0.165. The third-order valence-corrected chi connectivity index (χ3v) is 6.10. The van der Waals surface area contributed by atoms with Gasteiger partial charge in [-0.25, -0.2) is 9.59 Å². The molecule has 0 radical (unpaired) electrons. The van der Waals surface area contributed by atoms with Crippen LogP contribution in [-0.4, -0.2) is 24.3 Å². The van der Waals surface area contributed by atoms with Crippen molar-refractivity contribution < 1.29 is 19.1 Å². The van der Waals surface area contributed by atoms with Crippen LogP contribution in [0.4, 0.5) is 5.69 Å². The van der Waals surface area contributed by atoms with Gasteiger partial charge in [-0.1, -0.05) is 66.7 Å². The first-order valence-electron chi connectivity index (χ1n) is 10.6. The summed E-state index contributed by atoms with van der Waals surface area (Å²) in [7, 11) is 0. The smallest absolute Gasteiger partial charge is 0.372 e. The fourth-order valence-corrected chi connectivity index (χ4v) is 4.69. The zero-order valence-corrected chi connectivity index (χ0v) is 17.3. The van der Waals surface area contributed by atoms with Crippen LogP contribution in [0, 0.1) is 0 Å². The van der Waals surface area contributed by atoms with Gasteiger partial charge in [0.2, 0.25) is 0 Å². The average Bonchev–Trinajstić information content (AvgIpc) is 3.21.